The number of hydrogen-bond acceptors (Lipinski definition) is 3. The Balaban J connectivity index is 2.60. The summed E-state index contributed by atoms with van der Waals surface area (Å²) in [5.74, 6) is 0.225. The lowest BCUT2D eigenvalue weighted by molar-refractivity contribution is 0.255. The number of nitrogens with one attached hydrogen (secondary N) is 1. The number of hydrogen-bond donors (Lipinski definition) is 3. The molecule has 4 N–H and O–H groups in total. The number of azo groups is 1. The standard InChI is InChI=1S/C12H14N4O2/c1-6(2)7-3-4-9-8(5-7)10(11(17)14-9)15-16-12(13)18/h3-6,14,17H,1-2H3,(H2,13,18). The number of nitrogens with zero attached hydrogens (tertiary/aromatic N) is 2. The van der Waals surface area contributed by atoms with Gasteiger partial charge in [0.25, 0.3) is 0 Å². The molecule has 2 amide bonds. The topological polar surface area (TPSA) is 104 Å². The minimum atomic E-state index is -0.899. The van der Waals surface area contributed by atoms with Crippen LogP contribution in [0.1, 0.15) is 25.3 Å². The highest BCUT2D eigenvalue weighted by molar-refractivity contribution is 5.94. The molecule has 0 atom stereocenters. The Labute approximate surface area is 104 Å². The number of benzene rings is 1. The van der Waals surface area contributed by atoms with Crippen LogP contribution in [0.4, 0.5) is 10.5 Å². The van der Waals surface area contributed by atoms with E-state index in [4.69, 9.17) is 5.73 Å². The second-order valence-electron chi connectivity index (χ2n) is 4.32. The van der Waals surface area contributed by atoms with Gasteiger partial charge in [-0.2, -0.15) is 0 Å². The van der Waals surface area contributed by atoms with Crippen LogP contribution in [0, 0.1) is 0 Å². The zero-order valence-electron chi connectivity index (χ0n) is 10.1. The van der Waals surface area contributed by atoms with E-state index in [1.54, 1.807) is 0 Å². The third kappa shape index (κ3) is 2.17. The van der Waals surface area contributed by atoms with Gasteiger partial charge in [-0.05, 0) is 23.6 Å². The van der Waals surface area contributed by atoms with Crippen molar-refractivity contribution in [3.8, 4) is 5.88 Å². The minimum Gasteiger partial charge on any atom is -0.493 e. The SMILES string of the molecule is CC(C)c1ccc2[nH]c(O)c(N=NC(N)=O)c2c1. The number of rotatable bonds is 2. The van der Waals surface area contributed by atoms with Gasteiger partial charge in [-0.15, -0.1) is 5.11 Å². The molecular formula is C12H14N4O2. The van der Waals surface area contributed by atoms with E-state index in [1.165, 1.54) is 0 Å². The second kappa shape index (κ2) is 4.48. The molecule has 1 aromatic carbocycles. The number of fused-ring (bicyclic) bond motifs is 1. The maximum atomic E-state index is 10.6. The van der Waals surface area contributed by atoms with E-state index >= 15 is 0 Å². The fourth-order valence-corrected chi connectivity index (χ4v) is 1.74. The molecule has 18 heavy (non-hydrogen) atoms. The summed E-state index contributed by atoms with van der Waals surface area (Å²) in [7, 11) is 0. The lowest BCUT2D eigenvalue weighted by Crippen LogP contribution is -2.01. The average molecular weight is 246 g/mol. The quantitative estimate of drug-likeness (QED) is 0.708. The van der Waals surface area contributed by atoms with Crippen molar-refractivity contribution in [2.75, 3.05) is 0 Å². The van der Waals surface area contributed by atoms with Crippen LogP contribution in [0.25, 0.3) is 10.9 Å². The van der Waals surface area contributed by atoms with Gasteiger partial charge >= 0.3 is 6.03 Å². The van der Waals surface area contributed by atoms with Crippen molar-refractivity contribution >= 4 is 22.6 Å². The molecule has 0 saturated carbocycles. The molecule has 6 heteroatoms. The number of aromatic nitrogens is 1. The number of primary amides is 1. The Morgan fingerprint density at radius 1 is 1.44 bits per heavy atom. The first kappa shape index (κ1) is 12.1. The number of aromatic hydroxyl groups is 1. The molecule has 1 heterocycles. The van der Waals surface area contributed by atoms with Gasteiger partial charge in [0, 0.05) is 5.39 Å². The zero-order chi connectivity index (χ0) is 13.3. The van der Waals surface area contributed by atoms with E-state index in [1.807, 2.05) is 18.2 Å². The molecule has 0 saturated heterocycles. The first-order valence-electron chi connectivity index (χ1n) is 5.55. The predicted molar refractivity (Wildman–Crippen MR) is 68.2 cm³/mol. The summed E-state index contributed by atoms with van der Waals surface area (Å²) in [6.45, 7) is 4.14. The summed E-state index contributed by atoms with van der Waals surface area (Å²) in [4.78, 5) is 13.4. The molecular weight excluding hydrogens is 232 g/mol. The molecule has 0 fully saturated rings. The highest BCUT2D eigenvalue weighted by atomic mass is 16.3. The molecule has 0 spiro atoms. The van der Waals surface area contributed by atoms with Gasteiger partial charge < -0.3 is 15.8 Å². The van der Waals surface area contributed by atoms with Gasteiger partial charge in [0.05, 0.1) is 5.52 Å². The van der Waals surface area contributed by atoms with Crippen LogP contribution in [0.5, 0.6) is 5.88 Å². The van der Waals surface area contributed by atoms with E-state index in [-0.39, 0.29) is 11.6 Å². The molecule has 0 bridgehead atoms. The van der Waals surface area contributed by atoms with Crippen molar-refractivity contribution in [2.24, 2.45) is 16.0 Å². The summed E-state index contributed by atoms with van der Waals surface area (Å²) in [5.41, 5.74) is 6.96. The fourth-order valence-electron chi connectivity index (χ4n) is 1.74. The molecule has 2 aromatic rings. The molecule has 0 unspecified atom stereocenters. The third-order valence-electron chi connectivity index (χ3n) is 2.69. The number of carbonyl (C=O) groups excluding carboxylic acids is 1. The van der Waals surface area contributed by atoms with Crippen molar-refractivity contribution in [3.63, 3.8) is 0 Å². The summed E-state index contributed by atoms with van der Waals surface area (Å²) in [6, 6.07) is 4.83. The lowest BCUT2D eigenvalue weighted by atomic mass is 10.0. The van der Waals surface area contributed by atoms with E-state index < -0.39 is 6.03 Å². The number of aromatic amines is 1. The fraction of sp³-hybridized carbons (Fsp3) is 0.250. The van der Waals surface area contributed by atoms with Crippen molar-refractivity contribution in [1.29, 1.82) is 0 Å². The lowest BCUT2D eigenvalue weighted by Gasteiger charge is -2.04. The largest absolute Gasteiger partial charge is 0.493 e. The van der Waals surface area contributed by atoms with Crippen LogP contribution in [-0.2, 0) is 0 Å². The van der Waals surface area contributed by atoms with Gasteiger partial charge in [0.1, 0.15) is 0 Å². The first-order chi connectivity index (χ1) is 8.49. The van der Waals surface area contributed by atoms with Crippen LogP contribution >= 0.6 is 0 Å². The summed E-state index contributed by atoms with van der Waals surface area (Å²) < 4.78 is 0. The summed E-state index contributed by atoms with van der Waals surface area (Å²) >= 11 is 0. The molecule has 1 aromatic heterocycles. The molecule has 2 rings (SSSR count). The van der Waals surface area contributed by atoms with Gasteiger partial charge in [0.15, 0.2) is 5.69 Å². The Kier molecular flexibility index (Phi) is 3.01. The Morgan fingerprint density at radius 3 is 2.78 bits per heavy atom. The normalized spacial score (nSPS) is 11.7. The number of nitrogens with two attached hydrogens (primary N) is 1. The molecule has 0 radical (unpaired) electrons. The molecule has 0 aliphatic carbocycles. The molecule has 0 aliphatic heterocycles. The molecule has 6 nitrogen and oxygen atoms in total. The van der Waals surface area contributed by atoms with Crippen molar-refractivity contribution in [3.05, 3.63) is 23.8 Å². The summed E-state index contributed by atoms with van der Waals surface area (Å²) in [5, 5.41) is 17.3. The minimum absolute atomic E-state index is 0.129. The van der Waals surface area contributed by atoms with E-state index in [2.05, 4.69) is 29.1 Å². The van der Waals surface area contributed by atoms with E-state index in [9.17, 15) is 9.90 Å². The maximum absolute atomic E-state index is 10.6. The number of carbonyl (C=O) groups is 1. The Bertz CT molecular complexity index is 628. The monoisotopic (exact) mass is 246 g/mol. The highest BCUT2D eigenvalue weighted by Gasteiger charge is 2.12. The number of amides is 2. The van der Waals surface area contributed by atoms with Gasteiger partial charge in [0.2, 0.25) is 5.88 Å². The Morgan fingerprint density at radius 2 is 2.17 bits per heavy atom. The highest BCUT2D eigenvalue weighted by Crippen LogP contribution is 2.36. The van der Waals surface area contributed by atoms with E-state index in [0.29, 0.717) is 11.3 Å². The molecule has 0 aliphatic rings. The van der Waals surface area contributed by atoms with E-state index in [0.717, 1.165) is 11.1 Å². The van der Waals surface area contributed by atoms with Crippen LogP contribution in [0.3, 0.4) is 0 Å². The van der Waals surface area contributed by atoms with Crippen LogP contribution in [0.2, 0.25) is 0 Å². The number of urea groups is 1. The van der Waals surface area contributed by atoms with Gasteiger partial charge in [-0.3, -0.25) is 0 Å². The van der Waals surface area contributed by atoms with Crippen LogP contribution in [0.15, 0.2) is 28.4 Å². The molecule has 94 valence electrons. The summed E-state index contributed by atoms with van der Waals surface area (Å²) in [6.07, 6.45) is 0. The Hall–Kier alpha value is -2.37. The third-order valence-corrected chi connectivity index (χ3v) is 2.69. The van der Waals surface area contributed by atoms with Crippen LogP contribution < -0.4 is 5.73 Å². The van der Waals surface area contributed by atoms with Crippen molar-refractivity contribution < 1.29 is 9.90 Å². The van der Waals surface area contributed by atoms with Gasteiger partial charge in [-0.1, -0.05) is 25.0 Å². The number of H-pyrrole nitrogens is 1. The zero-order valence-corrected chi connectivity index (χ0v) is 10.1. The maximum Gasteiger partial charge on any atom is 0.356 e. The van der Waals surface area contributed by atoms with Crippen molar-refractivity contribution in [2.45, 2.75) is 19.8 Å². The second-order valence-corrected chi connectivity index (χ2v) is 4.32. The van der Waals surface area contributed by atoms with Crippen LogP contribution in [-0.4, -0.2) is 16.1 Å². The van der Waals surface area contributed by atoms with Gasteiger partial charge in [-0.25, -0.2) is 4.79 Å². The first-order valence-corrected chi connectivity index (χ1v) is 5.55. The smallest absolute Gasteiger partial charge is 0.356 e. The average Bonchev–Trinajstić information content (AvgIpc) is 2.60. The van der Waals surface area contributed by atoms with Crippen molar-refractivity contribution in [1.82, 2.24) is 4.98 Å². The predicted octanol–water partition coefficient (Wildman–Crippen LogP) is 3.16.